The smallest absolute Gasteiger partial charge is 0.303 e. The van der Waals surface area contributed by atoms with Gasteiger partial charge in [-0.1, -0.05) is 26.0 Å². The van der Waals surface area contributed by atoms with Crippen molar-refractivity contribution >= 4 is 17.6 Å². The molecule has 0 fully saturated rings. The number of benzene rings is 1. The minimum Gasteiger partial charge on any atom is -0.481 e. The van der Waals surface area contributed by atoms with Crippen LogP contribution < -0.4 is 5.32 Å². The highest BCUT2D eigenvalue weighted by molar-refractivity contribution is 5.99. The molecule has 18 heavy (non-hydrogen) atoms. The quantitative estimate of drug-likeness (QED) is 0.857. The molecule has 0 saturated carbocycles. The number of aliphatic carboxylic acids is 1. The van der Waals surface area contributed by atoms with Gasteiger partial charge in [0.2, 0.25) is 5.91 Å². The van der Waals surface area contributed by atoms with Crippen LogP contribution in [0.5, 0.6) is 0 Å². The summed E-state index contributed by atoms with van der Waals surface area (Å²) in [6.07, 6.45) is 1.25. The van der Waals surface area contributed by atoms with Crippen molar-refractivity contribution in [1.29, 1.82) is 0 Å². The van der Waals surface area contributed by atoms with Crippen molar-refractivity contribution in [2.45, 2.75) is 33.1 Å². The molecular weight excluding hydrogens is 230 g/mol. The van der Waals surface area contributed by atoms with Crippen molar-refractivity contribution in [2.75, 3.05) is 5.32 Å². The minimum atomic E-state index is -0.780. The van der Waals surface area contributed by atoms with E-state index in [2.05, 4.69) is 5.32 Å². The number of hydrogen-bond donors (Lipinski definition) is 2. The molecule has 4 nitrogen and oxygen atoms in total. The van der Waals surface area contributed by atoms with Crippen LogP contribution in [0.1, 0.15) is 31.4 Å². The molecule has 0 radical (unpaired) electrons. The van der Waals surface area contributed by atoms with E-state index in [0.717, 1.165) is 16.8 Å². The molecule has 1 heterocycles. The van der Waals surface area contributed by atoms with E-state index in [0.29, 0.717) is 12.8 Å². The Morgan fingerprint density at radius 2 is 2.17 bits per heavy atom. The van der Waals surface area contributed by atoms with Crippen molar-refractivity contribution in [2.24, 2.45) is 5.41 Å². The molecule has 1 aliphatic heterocycles. The third-order valence-corrected chi connectivity index (χ3v) is 3.11. The Hall–Kier alpha value is -1.84. The number of hydrogen-bond acceptors (Lipinski definition) is 2. The monoisotopic (exact) mass is 247 g/mol. The highest BCUT2D eigenvalue weighted by Gasteiger charge is 2.24. The molecule has 1 aromatic carbocycles. The Morgan fingerprint density at radius 1 is 1.44 bits per heavy atom. The second-order valence-corrected chi connectivity index (χ2v) is 5.63. The Kier molecular flexibility index (Phi) is 3.11. The number of anilines is 1. The van der Waals surface area contributed by atoms with Crippen LogP contribution >= 0.6 is 0 Å². The first-order chi connectivity index (χ1) is 8.35. The van der Waals surface area contributed by atoms with Crippen molar-refractivity contribution in [3.63, 3.8) is 0 Å². The van der Waals surface area contributed by atoms with E-state index in [1.807, 2.05) is 32.0 Å². The number of carbonyl (C=O) groups is 2. The van der Waals surface area contributed by atoms with Gasteiger partial charge in [0.05, 0.1) is 12.8 Å². The van der Waals surface area contributed by atoms with E-state index in [9.17, 15) is 9.59 Å². The van der Waals surface area contributed by atoms with Crippen LogP contribution in [0.25, 0.3) is 0 Å². The molecule has 0 atom stereocenters. The molecule has 0 spiro atoms. The van der Waals surface area contributed by atoms with E-state index in [1.165, 1.54) is 0 Å². The third kappa shape index (κ3) is 2.88. The summed E-state index contributed by atoms with van der Waals surface area (Å²) < 4.78 is 0. The molecule has 96 valence electrons. The van der Waals surface area contributed by atoms with E-state index < -0.39 is 5.97 Å². The Bertz CT molecular complexity index is 506. The number of nitrogens with one attached hydrogen (secondary N) is 1. The number of amides is 1. The maximum atomic E-state index is 11.3. The van der Waals surface area contributed by atoms with Crippen LogP contribution in [0.3, 0.4) is 0 Å². The molecule has 0 saturated heterocycles. The largest absolute Gasteiger partial charge is 0.481 e. The van der Waals surface area contributed by atoms with Crippen molar-refractivity contribution < 1.29 is 14.7 Å². The summed E-state index contributed by atoms with van der Waals surface area (Å²) in [5.41, 5.74) is 2.68. The van der Waals surface area contributed by atoms with E-state index >= 15 is 0 Å². The van der Waals surface area contributed by atoms with E-state index in [-0.39, 0.29) is 17.7 Å². The second-order valence-electron chi connectivity index (χ2n) is 5.63. The van der Waals surface area contributed by atoms with Crippen LogP contribution in [-0.4, -0.2) is 17.0 Å². The van der Waals surface area contributed by atoms with Gasteiger partial charge in [-0.15, -0.1) is 0 Å². The van der Waals surface area contributed by atoms with Crippen molar-refractivity contribution in [3.8, 4) is 0 Å². The average Bonchev–Trinajstić information content (AvgIpc) is 2.54. The first kappa shape index (κ1) is 12.6. The fourth-order valence-electron chi connectivity index (χ4n) is 2.42. The summed E-state index contributed by atoms with van der Waals surface area (Å²) in [7, 11) is 0. The zero-order chi connectivity index (χ0) is 13.3. The van der Waals surface area contributed by atoms with Crippen LogP contribution in [0.15, 0.2) is 18.2 Å². The fraction of sp³-hybridized carbons (Fsp3) is 0.429. The number of rotatable bonds is 4. The summed E-state index contributed by atoms with van der Waals surface area (Å²) in [6.45, 7) is 3.88. The van der Waals surface area contributed by atoms with Gasteiger partial charge < -0.3 is 10.4 Å². The number of carbonyl (C=O) groups excluding carboxylic acids is 1. The van der Waals surface area contributed by atoms with Crippen LogP contribution in [0.2, 0.25) is 0 Å². The van der Waals surface area contributed by atoms with Gasteiger partial charge in [0.1, 0.15) is 0 Å². The van der Waals surface area contributed by atoms with Gasteiger partial charge in [-0.25, -0.2) is 0 Å². The van der Waals surface area contributed by atoms with Crippen LogP contribution in [-0.2, 0) is 22.4 Å². The Labute approximate surface area is 106 Å². The summed E-state index contributed by atoms with van der Waals surface area (Å²) in [4.78, 5) is 22.0. The fourth-order valence-corrected chi connectivity index (χ4v) is 2.42. The maximum Gasteiger partial charge on any atom is 0.303 e. The van der Waals surface area contributed by atoms with Crippen molar-refractivity contribution in [3.05, 3.63) is 29.3 Å². The highest BCUT2D eigenvalue weighted by Crippen LogP contribution is 2.29. The predicted octanol–water partition coefficient (Wildman–Crippen LogP) is 2.22. The predicted molar refractivity (Wildman–Crippen MR) is 68.5 cm³/mol. The summed E-state index contributed by atoms with van der Waals surface area (Å²) >= 11 is 0. The number of fused-ring (bicyclic) bond motifs is 1. The molecule has 2 N–H and O–H groups in total. The molecule has 1 aliphatic rings. The first-order valence-corrected chi connectivity index (χ1v) is 5.99. The second kappa shape index (κ2) is 4.44. The SMILES string of the molecule is CC(C)(CC(=O)O)Cc1ccc2c(c1)CC(=O)N2. The summed E-state index contributed by atoms with van der Waals surface area (Å²) in [5.74, 6) is -0.759. The summed E-state index contributed by atoms with van der Waals surface area (Å²) in [5, 5.41) is 11.6. The maximum absolute atomic E-state index is 11.3. The molecule has 4 heteroatoms. The Morgan fingerprint density at radius 3 is 2.83 bits per heavy atom. The molecule has 2 rings (SSSR count). The zero-order valence-corrected chi connectivity index (χ0v) is 10.6. The highest BCUT2D eigenvalue weighted by atomic mass is 16.4. The normalized spacial score (nSPS) is 14.2. The lowest BCUT2D eigenvalue weighted by Gasteiger charge is -2.22. The average molecular weight is 247 g/mol. The van der Waals surface area contributed by atoms with Gasteiger partial charge >= 0.3 is 5.97 Å². The lowest BCUT2D eigenvalue weighted by molar-refractivity contribution is -0.139. The molecule has 1 amide bonds. The van der Waals surface area contributed by atoms with Gasteiger partial charge in [0.15, 0.2) is 0 Å². The van der Waals surface area contributed by atoms with E-state index in [1.54, 1.807) is 0 Å². The van der Waals surface area contributed by atoms with Gasteiger partial charge in [0.25, 0.3) is 0 Å². The van der Waals surface area contributed by atoms with Gasteiger partial charge in [0, 0.05) is 5.69 Å². The molecule has 1 aromatic rings. The van der Waals surface area contributed by atoms with Gasteiger partial charge in [-0.2, -0.15) is 0 Å². The lowest BCUT2D eigenvalue weighted by atomic mass is 9.82. The molecule has 0 bridgehead atoms. The topological polar surface area (TPSA) is 66.4 Å². The minimum absolute atomic E-state index is 0.0203. The van der Waals surface area contributed by atoms with Gasteiger partial charge in [-0.05, 0) is 29.0 Å². The molecule has 0 aromatic heterocycles. The van der Waals surface area contributed by atoms with E-state index in [4.69, 9.17) is 5.11 Å². The standard InChI is InChI=1S/C14H17NO3/c1-14(2,8-13(17)18)7-9-3-4-11-10(5-9)6-12(16)15-11/h3-5H,6-8H2,1-2H3,(H,15,16)(H,17,18). The molecule has 0 unspecified atom stereocenters. The third-order valence-electron chi connectivity index (χ3n) is 3.11. The van der Waals surface area contributed by atoms with Crippen LogP contribution in [0, 0.1) is 5.41 Å². The van der Waals surface area contributed by atoms with Gasteiger partial charge in [-0.3, -0.25) is 9.59 Å². The Balaban J connectivity index is 2.14. The van der Waals surface area contributed by atoms with Crippen molar-refractivity contribution in [1.82, 2.24) is 0 Å². The molecule has 0 aliphatic carbocycles. The van der Waals surface area contributed by atoms with Crippen LogP contribution in [0.4, 0.5) is 5.69 Å². The molecular formula is C14H17NO3. The number of carboxylic acid groups (broad SMARTS) is 1. The number of carboxylic acids is 1. The zero-order valence-electron chi connectivity index (χ0n) is 10.6. The first-order valence-electron chi connectivity index (χ1n) is 5.99. The lowest BCUT2D eigenvalue weighted by Crippen LogP contribution is -2.19. The summed E-state index contributed by atoms with van der Waals surface area (Å²) in [6, 6.07) is 5.84.